The highest BCUT2D eigenvalue weighted by atomic mass is 16.5. The van der Waals surface area contributed by atoms with Crippen molar-refractivity contribution in [3.05, 3.63) is 65.2 Å². The van der Waals surface area contributed by atoms with Crippen molar-refractivity contribution in [2.75, 3.05) is 12.8 Å². The van der Waals surface area contributed by atoms with Gasteiger partial charge in [-0.15, -0.1) is 0 Å². The lowest BCUT2D eigenvalue weighted by Crippen LogP contribution is -2.00. The molecule has 4 nitrogen and oxygen atoms in total. The maximum Gasteiger partial charge on any atom is 0.142 e. The Hall–Kier alpha value is -3.32. The number of pyridine rings is 1. The van der Waals surface area contributed by atoms with Crippen molar-refractivity contribution in [1.29, 1.82) is 5.26 Å². The minimum Gasteiger partial charge on any atom is -0.497 e. The minimum atomic E-state index is 0.242. The van der Waals surface area contributed by atoms with Gasteiger partial charge in [0.05, 0.1) is 12.8 Å². The van der Waals surface area contributed by atoms with E-state index in [1.807, 2.05) is 44.2 Å². The summed E-state index contributed by atoms with van der Waals surface area (Å²) in [6.07, 6.45) is 0. The Labute approximate surface area is 147 Å². The summed E-state index contributed by atoms with van der Waals surface area (Å²) >= 11 is 0. The third-order valence-electron chi connectivity index (χ3n) is 4.23. The Morgan fingerprint density at radius 2 is 1.72 bits per heavy atom. The van der Waals surface area contributed by atoms with Crippen LogP contribution in [0.15, 0.2) is 48.5 Å². The van der Waals surface area contributed by atoms with E-state index in [2.05, 4.69) is 29.3 Å². The Kier molecular flexibility index (Phi) is 4.40. The fourth-order valence-corrected chi connectivity index (χ4v) is 2.83. The zero-order valence-electron chi connectivity index (χ0n) is 14.5. The average Bonchev–Trinajstić information content (AvgIpc) is 2.63. The van der Waals surface area contributed by atoms with E-state index in [1.54, 1.807) is 7.11 Å². The summed E-state index contributed by atoms with van der Waals surface area (Å²) in [5.74, 6) is 1.01. The number of hydrogen-bond donors (Lipinski definition) is 1. The Morgan fingerprint density at radius 1 is 1.00 bits per heavy atom. The van der Waals surface area contributed by atoms with Crippen molar-refractivity contribution in [2.45, 2.75) is 13.8 Å². The van der Waals surface area contributed by atoms with Crippen molar-refractivity contribution >= 4 is 5.82 Å². The Bertz CT molecular complexity index is 970. The van der Waals surface area contributed by atoms with Gasteiger partial charge in [-0.1, -0.05) is 29.8 Å². The van der Waals surface area contributed by atoms with E-state index in [0.29, 0.717) is 5.56 Å². The summed E-state index contributed by atoms with van der Waals surface area (Å²) in [6, 6.07) is 17.9. The molecule has 0 saturated carbocycles. The molecule has 3 rings (SSSR count). The minimum absolute atomic E-state index is 0.242. The maximum absolute atomic E-state index is 9.53. The lowest BCUT2D eigenvalue weighted by atomic mass is 9.96. The number of aromatic nitrogens is 1. The molecular weight excluding hydrogens is 310 g/mol. The van der Waals surface area contributed by atoms with Gasteiger partial charge >= 0.3 is 0 Å². The molecule has 0 unspecified atom stereocenters. The molecule has 0 bridgehead atoms. The van der Waals surface area contributed by atoms with E-state index >= 15 is 0 Å². The van der Waals surface area contributed by atoms with Gasteiger partial charge in [-0.05, 0) is 49.2 Å². The predicted molar refractivity (Wildman–Crippen MR) is 100 cm³/mol. The zero-order chi connectivity index (χ0) is 18.0. The number of methoxy groups -OCH3 is 1. The molecule has 0 aliphatic rings. The summed E-state index contributed by atoms with van der Waals surface area (Å²) in [7, 11) is 1.62. The molecule has 0 radical (unpaired) electrons. The Morgan fingerprint density at radius 3 is 2.36 bits per heavy atom. The third-order valence-corrected chi connectivity index (χ3v) is 4.23. The van der Waals surface area contributed by atoms with Gasteiger partial charge in [0.1, 0.15) is 23.2 Å². The first kappa shape index (κ1) is 16.5. The van der Waals surface area contributed by atoms with Crippen LogP contribution in [0.5, 0.6) is 5.75 Å². The van der Waals surface area contributed by atoms with Gasteiger partial charge in [0.25, 0.3) is 0 Å². The average molecular weight is 329 g/mol. The van der Waals surface area contributed by atoms with Crippen LogP contribution in [0.25, 0.3) is 22.4 Å². The molecule has 0 fully saturated rings. The normalized spacial score (nSPS) is 10.3. The third kappa shape index (κ3) is 3.17. The molecule has 4 heteroatoms. The van der Waals surface area contributed by atoms with Crippen molar-refractivity contribution in [2.24, 2.45) is 0 Å². The zero-order valence-corrected chi connectivity index (χ0v) is 14.5. The van der Waals surface area contributed by atoms with Gasteiger partial charge in [0, 0.05) is 11.1 Å². The van der Waals surface area contributed by atoms with Crippen LogP contribution >= 0.6 is 0 Å². The SMILES string of the molecule is COc1ccc(-c2cc(-c3cc(C)ccc3C)nc(N)c2C#N)cc1. The van der Waals surface area contributed by atoms with Crippen LogP contribution in [0.1, 0.15) is 16.7 Å². The first-order chi connectivity index (χ1) is 12.0. The van der Waals surface area contributed by atoms with E-state index in [4.69, 9.17) is 10.5 Å². The summed E-state index contributed by atoms with van der Waals surface area (Å²) in [4.78, 5) is 4.47. The number of benzene rings is 2. The van der Waals surface area contributed by atoms with E-state index in [1.165, 1.54) is 0 Å². The molecule has 124 valence electrons. The number of anilines is 1. The molecule has 0 atom stereocenters. The lowest BCUT2D eigenvalue weighted by Gasteiger charge is -2.12. The van der Waals surface area contributed by atoms with Crippen molar-refractivity contribution in [3.8, 4) is 34.2 Å². The molecule has 25 heavy (non-hydrogen) atoms. The van der Waals surface area contributed by atoms with E-state index in [0.717, 1.165) is 39.3 Å². The molecular formula is C21H19N3O. The highest BCUT2D eigenvalue weighted by Crippen LogP contribution is 2.33. The number of nitrogens with zero attached hydrogens (tertiary/aromatic N) is 2. The van der Waals surface area contributed by atoms with Gasteiger partial charge in [-0.2, -0.15) is 5.26 Å². The fraction of sp³-hybridized carbons (Fsp3) is 0.143. The monoisotopic (exact) mass is 329 g/mol. The predicted octanol–water partition coefficient (Wildman–Crippen LogP) is 4.49. The van der Waals surface area contributed by atoms with E-state index in [9.17, 15) is 5.26 Å². The summed E-state index contributed by atoms with van der Waals surface area (Å²) in [5, 5.41) is 9.53. The van der Waals surface area contributed by atoms with Crippen LogP contribution in [0.2, 0.25) is 0 Å². The van der Waals surface area contributed by atoms with Gasteiger partial charge < -0.3 is 10.5 Å². The maximum atomic E-state index is 9.53. The second-order valence-electron chi connectivity index (χ2n) is 5.97. The van der Waals surface area contributed by atoms with Crippen molar-refractivity contribution in [1.82, 2.24) is 4.98 Å². The summed E-state index contributed by atoms with van der Waals surface area (Å²) in [5.41, 5.74) is 12.2. The van der Waals surface area contributed by atoms with E-state index in [-0.39, 0.29) is 5.82 Å². The van der Waals surface area contributed by atoms with Gasteiger partial charge in [0.2, 0.25) is 0 Å². The van der Waals surface area contributed by atoms with Crippen LogP contribution in [-0.4, -0.2) is 12.1 Å². The number of nitrogen functional groups attached to an aromatic ring is 1. The quantitative estimate of drug-likeness (QED) is 0.768. The highest BCUT2D eigenvalue weighted by molar-refractivity contribution is 5.81. The van der Waals surface area contributed by atoms with Crippen LogP contribution in [-0.2, 0) is 0 Å². The van der Waals surface area contributed by atoms with Crippen LogP contribution < -0.4 is 10.5 Å². The van der Waals surface area contributed by atoms with Crippen molar-refractivity contribution < 1.29 is 4.74 Å². The molecule has 0 aliphatic heterocycles. The number of nitriles is 1. The molecule has 2 aromatic carbocycles. The standard InChI is InChI=1S/C21H19N3O/c1-13-4-5-14(2)17(10-13)20-11-18(19(12-22)21(23)24-20)15-6-8-16(25-3)9-7-15/h4-11H,1-3H3,(H2,23,24). The molecule has 3 aromatic rings. The molecule has 1 heterocycles. The first-order valence-electron chi connectivity index (χ1n) is 7.96. The van der Waals surface area contributed by atoms with Crippen LogP contribution in [0, 0.1) is 25.2 Å². The van der Waals surface area contributed by atoms with Crippen LogP contribution in [0.3, 0.4) is 0 Å². The molecule has 1 aromatic heterocycles. The van der Waals surface area contributed by atoms with Gasteiger partial charge in [0.15, 0.2) is 0 Å². The lowest BCUT2D eigenvalue weighted by molar-refractivity contribution is 0.415. The number of rotatable bonds is 3. The molecule has 0 saturated heterocycles. The largest absolute Gasteiger partial charge is 0.497 e. The van der Waals surface area contributed by atoms with E-state index < -0.39 is 0 Å². The summed E-state index contributed by atoms with van der Waals surface area (Å²) < 4.78 is 5.21. The topological polar surface area (TPSA) is 71.9 Å². The molecule has 0 spiro atoms. The number of aryl methyl sites for hydroxylation is 2. The molecule has 0 amide bonds. The van der Waals surface area contributed by atoms with Gasteiger partial charge in [-0.3, -0.25) is 0 Å². The Balaban J connectivity index is 2.22. The fourth-order valence-electron chi connectivity index (χ4n) is 2.83. The van der Waals surface area contributed by atoms with Gasteiger partial charge in [-0.25, -0.2) is 4.98 Å². The van der Waals surface area contributed by atoms with Crippen molar-refractivity contribution in [3.63, 3.8) is 0 Å². The number of nitrogens with two attached hydrogens (primary N) is 1. The molecule has 2 N–H and O–H groups in total. The number of ether oxygens (including phenoxy) is 1. The summed E-state index contributed by atoms with van der Waals surface area (Å²) in [6.45, 7) is 4.08. The molecule has 0 aliphatic carbocycles. The second-order valence-corrected chi connectivity index (χ2v) is 5.97. The first-order valence-corrected chi connectivity index (χ1v) is 7.96. The smallest absolute Gasteiger partial charge is 0.142 e. The number of hydrogen-bond acceptors (Lipinski definition) is 4. The second kappa shape index (κ2) is 6.66. The van der Waals surface area contributed by atoms with Crippen LogP contribution in [0.4, 0.5) is 5.82 Å². The highest BCUT2D eigenvalue weighted by Gasteiger charge is 2.14.